The molecule has 0 spiro atoms. The van der Waals surface area contributed by atoms with Crippen LogP contribution in [0.4, 0.5) is 0 Å². The number of likely N-dealkylation sites (N-methyl/N-ethyl adjacent to an activating group) is 1. The summed E-state index contributed by atoms with van der Waals surface area (Å²) in [5.74, 6) is -0.00824. The summed E-state index contributed by atoms with van der Waals surface area (Å²) in [6.07, 6.45) is 1.88. The number of halogens is 1. The zero-order valence-corrected chi connectivity index (χ0v) is 18.3. The van der Waals surface area contributed by atoms with Gasteiger partial charge in [-0.1, -0.05) is 41.9 Å². The fourth-order valence-electron chi connectivity index (χ4n) is 2.82. The van der Waals surface area contributed by atoms with Gasteiger partial charge >= 0.3 is 5.97 Å². The quantitative estimate of drug-likeness (QED) is 0.436. The van der Waals surface area contributed by atoms with E-state index >= 15 is 0 Å². The number of esters is 1. The molecule has 0 aliphatic heterocycles. The third kappa shape index (κ3) is 6.52. The Bertz CT molecular complexity index is 898. The van der Waals surface area contributed by atoms with E-state index < -0.39 is 12.1 Å². The average molecular weight is 432 g/mol. The second kappa shape index (κ2) is 11.3. The Balaban J connectivity index is 1.98. The second-order valence-electron chi connectivity index (χ2n) is 6.56. The maximum Gasteiger partial charge on any atom is 0.331 e. The van der Waals surface area contributed by atoms with Crippen LogP contribution in [0.3, 0.4) is 0 Å². The molecule has 30 heavy (non-hydrogen) atoms. The Hall–Kier alpha value is -2.99. The van der Waals surface area contributed by atoms with E-state index in [-0.39, 0.29) is 5.91 Å². The van der Waals surface area contributed by atoms with Crippen molar-refractivity contribution in [2.75, 3.05) is 20.8 Å². The molecule has 7 heteroatoms. The Morgan fingerprint density at radius 1 is 1.20 bits per heavy atom. The van der Waals surface area contributed by atoms with Crippen molar-refractivity contribution in [1.29, 1.82) is 0 Å². The molecule has 0 aliphatic carbocycles. The number of methoxy groups -OCH3 is 1. The molecule has 1 amide bonds. The van der Waals surface area contributed by atoms with Crippen LogP contribution in [-0.4, -0.2) is 43.6 Å². The van der Waals surface area contributed by atoms with E-state index in [1.165, 1.54) is 18.1 Å². The van der Waals surface area contributed by atoms with E-state index in [1.807, 2.05) is 37.3 Å². The molecule has 160 valence electrons. The molecule has 0 N–H and O–H groups in total. The molecule has 2 rings (SSSR count). The molecule has 0 aromatic heterocycles. The first-order chi connectivity index (χ1) is 14.3. The van der Waals surface area contributed by atoms with Crippen molar-refractivity contribution in [2.24, 2.45) is 0 Å². The minimum atomic E-state index is -0.908. The number of rotatable bonds is 9. The van der Waals surface area contributed by atoms with Crippen molar-refractivity contribution < 1.29 is 23.8 Å². The second-order valence-corrected chi connectivity index (χ2v) is 6.97. The number of benzene rings is 2. The lowest BCUT2D eigenvalue weighted by Gasteiger charge is -2.21. The van der Waals surface area contributed by atoms with E-state index in [4.69, 9.17) is 25.8 Å². The van der Waals surface area contributed by atoms with Gasteiger partial charge in [-0.15, -0.1) is 0 Å². The van der Waals surface area contributed by atoms with E-state index in [9.17, 15) is 9.59 Å². The molecular weight excluding hydrogens is 406 g/mol. The highest BCUT2D eigenvalue weighted by Crippen LogP contribution is 2.36. The number of amides is 1. The summed E-state index contributed by atoms with van der Waals surface area (Å²) in [7, 11) is 3.17. The molecule has 0 saturated carbocycles. The van der Waals surface area contributed by atoms with Gasteiger partial charge in [-0.25, -0.2) is 4.79 Å². The third-order valence-corrected chi connectivity index (χ3v) is 4.51. The molecule has 2 aromatic carbocycles. The van der Waals surface area contributed by atoms with Crippen LogP contribution in [0.2, 0.25) is 5.02 Å². The average Bonchev–Trinajstić information content (AvgIpc) is 2.72. The maximum absolute atomic E-state index is 12.5. The normalized spacial score (nSPS) is 11.8. The van der Waals surface area contributed by atoms with E-state index in [1.54, 1.807) is 32.2 Å². The van der Waals surface area contributed by atoms with Gasteiger partial charge in [0.25, 0.3) is 5.91 Å². The molecule has 0 saturated heterocycles. The molecule has 1 atom stereocenters. The van der Waals surface area contributed by atoms with Crippen molar-refractivity contribution in [3.05, 3.63) is 64.7 Å². The summed E-state index contributed by atoms with van der Waals surface area (Å²) in [5.41, 5.74) is 1.63. The van der Waals surface area contributed by atoms with Crippen LogP contribution < -0.4 is 9.47 Å². The number of carbonyl (C=O) groups is 2. The van der Waals surface area contributed by atoms with Gasteiger partial charge < -0.3 is 19.1 Å². The maximum atomic E-state index is 12.5. The number of nitrogens with zero attached hydrogens (tertiary/aromatic N) is 1. The van der Waals surface area contributed by atoms with Crippen LogP contribution in [-0.2, 0) is 20.9 Å². The molecule has 0 aliphatic rings. The van der Waals surface area contributed by atoms with Crippen LogP contribution in [0.15, 0.2) is 48.5 Å². The lowest BCUT2D eigenvalue weighted by Crippen LogP contribution is -2.36. The van der Waals surface area contributed by atoms with Crippen LogP contribution in [0.5, 0.6) is 11.5 Å². The van der Waals surface area contributed by atoms with Crippen LogP contribution in [0, 0.1) is 0 Å². The van der Waals surface area contributed by atoms with Crippen LogP contribution in [0.25, 0.3) is 6.08 Å². The van der Waals surface area contributed by atoms with Crippen molar-refractivity contribution in [2.45, 2.75) is 26.5 Å². The molecule has 0 radical (unpaired) electrons. The van der Waals surface area contributed by atoms with Crippen LogP contribution in [0.1, 0.15) is 25.0 Å². The standard InChI is InChI=1S/C23H26ClNO5/c1-5-29-20-14-18(13-19(24)22(20)28-4)11-12-21(26)30-16(2)23(27)25(3)15-17-9-7-6-8-10-17/h6-14,16H,5,15H2,1-4H3/b12-11+. The summed E-state index contributed by atoms with van der Waals surface area (Å²) in [5, 5.41) is 0.363. The molecule has 0 bridgehead atoms. The molecular formula is C23H26ClNO5. The summed E-state index contributed by atoms with van der Waals surface area (Å²) in [6.45, 7) is 4.27. The topological polar surface area (TPSA) is 65.1 Å². The van der Waals surface area contributed by atoms with E-state index in [0.29, 0.717) is 35.2 Å². The number of carbonyl (C=O) groups excluding carboxylic acids is 2. The zero-order valence-electron chi connectivity index (χ0n) is 17.6. The number of hydrogen-bond donors (Lipinski definition) is 0. The minimum absolute atomic E-state index is 0.285. The van der Waals surface area contributed by atoms with Gasteiger partial charge in [-0.3, -0.25) is 4.79 Å². The summed E-state index contributed by atoms with van der Waals surface area (Å²) in [6, 6.07) is 12.9. The Morgan fingerprint density at radius 3 is 2.53 bits per heavy atom. The predicted molar refractivity (Wildman–Crippen MR) is 117 cm³/mol. The molecule has 2 aromatic rings. The molecule has 1 unspecified atom stereocenters. The minimum Gasteiger partial charge on any atom is -0.491 e. The smallest absolute Gasteiger partial charge is 0.331 e. The first kappa shape index (κ1) is 23.3. The van der Waals surface area contributed by atoms with Crippen molar-refractivity contribution in [1.82, 2.24) is 4.90 Å². The van der Waals surface area contributed by atoms with Crippen molar-refractivity contribution in [3.63, 3.8) is 0 Å². The first-order valence-electron chi connectivity index (χ1n) is 9.53. The van der Waals surface area contributed by atoms with Gasteiger partial charge in [0.05, 0.1) is 18.7 Å². The Kier molecular flexibility index (Phi) is 8.74. The van der Waals surface area contributed by atoms with E-state index in [2.05, 4.69) is 0 Å². The first-order valence-corrected chi connectivity index (χ1v) is 9.91. The predicted octanol–water partition coefficient (Wildman–Crippen LogP) is 4.35. The Labute approximate surface area is 182 Å². The highest BCUT2D eigenvalue weighted by molar-refractivity contribution is 6.32. The van der Waals surface area contributed by atoms with Crippen molar-refractivity contribution in [3.8, 4) is 11.5 Å². The highest BCUT2D eigenvalue weighted by atomic mass is 35.5. The monoisotopic (exact) mass is 431 g/mol. The SMILES string of the molecule is CCOc1cc(/C=C/C(=O)OC(C)C(=O)N(C)Cc2ccccc2)cc(Cl)c1OC. The number of ether oxygens (including phenoxy) is 3. The van der Waals surface area contributed by atoms with Gasteiger partial charge in [0, 0.05) is 19.7 Å². The van der Waals surface area contributed by atoms with Gasteiger partial charge in [0.1, 0.15) is 0 Å². The van der Waals surface area contributed by atoms with E-state index in [0.717, 1.165) is 5.56 Å². The van der Waals surface area contributed by atoms with Gasteiger partial charge in [0.15, 0.2) is 17.6 Å². The highest BCUT2D eigenvalue weighted by Gasteiger charge is 2.20. The summed E-state index contributed by atoms with van der Waals surface area (Å²) >= 11 is 6.21. The van der Waals surface area contributed by atoms with Gasteiger partial charge in [-0.2, -0.15) is 0 Å². The van der Waals surface area contributed by atoms with Gasteiger partial charge in [-0.05, 0) is 43.2 Å². The van der Waals surface area contributed by atoms with Gasteiger partial charge in [0.2, 0.25) is 0 Å². The summed E-state index contributed by atoms with van der Waals surface area (Å²) in [4.78, 5) is 26.2. The largest absolute Gasteiger partial charge is 0.491 e. The lowest BCUT2D eigenvalue weighted by atomic mass is 10.2. The van der Waals surface area contributed by atoms with Crippen molar-refractivity contribution >= 4 is 29.6 Å². The fourth-order valence-corrected chi connectivity index (χ4v) is 3.12. The third-order valence-electron chi connectivity index (χ3n) is 4.23. The van der Waals surface area contributed by atoms with Crippen LogP contribution >= 0.6 is 11.6 Å². The fraction of sp³-hybridized carbons (Fsp3) is 0.304. The lowest BCUT2D eigenvalue weighted by molar-refractivity contribution is -0.154. The molecule has 0 fully saturated rings. The zero-order chi connectivity index (χ0) is 22.1. The Morgan fingerprint density at radius 2 is 1.90 bits per heavy atom. The summed E-state index contributed by atoms with van der Waals surface area (Å²) < 4.78 is 16.0. The number of hydrogen-bond acceptors (Lipinski definition) is 5. The molecule has 0 heterocycles. The molecule has 6 nitrogen and oxygen atoms in total.